The maximum absolute atomic E-state index is 11.6. The number of amides is 1. The van der Waals surface area contributed by atoms with Crippen molar-refractivity contribution in [3.63, 3.8) is 0 Å². The van der Waals surface area contributed by atoms with E-state index in [4.69, 9.17) is 5.73 Å². The predicted molar refractivity (Wildman–Crippen MR) is 65.5 cm³/mol. The van der Waals surface area contributed by atoms with Gasteiger partial charge in [0.15, 0.2) is 0 Å². The van der Waals surface area contributed by atoms with E-state index in [9.17, 15) is 4.79 Å². The molecule has 0 bridgehead atoms. The number of carbonyl (C=O) groups is 1. The first-order valence-electron chi connectivity index (χ1n) is 5.41. The van der Waals surface area contributed by atoms with E-state index in [-0.39, 0.29) is 5.91 Å². The third-order valence-corrected chi connectivity index (χ3v) is 2.93. The summed E-state index contributed by atoms with van der Waals surface area (Å²) < 4.78 is 0. The van der Waals surface area contributed by atoms with Gasteiger partial charge in [-0.15, -0.1) is 0 Å². The Morgan fingerprint density at radius 3 is 2.94 bits per heavy atom. The Kier molecular flexibility index (Phi) is 2.73. The quantitative estimate of drug-likeness (QED) is 0.746. The van der Waals surface area contributed by atoms with Gasteiger partial charge in [0.05, 0.1) is 6.54 Å². The second-order valence-corrected chi connectivity index (χ2v) is 4.35. The van der Waals surface area contributed by atoms with Crippen molar-refractivity contribution in [1.29, 1.82) is 0 Å². The van der Waals surface area contributed by atoms with Gasteiger partial charge in [0.2, 0.25) is 5.91 Å². The van der Waals surface area contributed by atoms with Crippen LogP contribution in [0.3, 0.4) is 0 Å². The van der Waals surface area contributed by atoms with Crippen LogP contribution in [0.25, 0.3) is 0 Å². The summed E-state index contributed by atoms with van der Waals surface area (Å²) in [6.07, 6.45) is 0.996. The average molecular weight is 219 g/mol. The molecule has 2 rings (SSSR count). The average Bonchev–Trinajstić information content (AvgIpc) is 2.61. The number of benzene rings is 1. The molecule has 0 atom stereocenters. The van der Waals surface area contributed by atoms with Crippen molar-refractivity contribution in [1.82, 2.24) is 4.90 Å². The monoisotopic (exact) mass is 219 g/mol. The number of nitrogen functional groups attached to an aromatic ring is 1. The number of hydrogen-bond acceptors (Lipinski definition) is 3. The smallest absolute Gasteiger partial charge is 0.241 e. The highest BCUT2D eigenvalue weighted by molar-refractivity contribution is 5.82. The van der Waals surface area contributed by atoms with Gasteiger partial charge >= 0.3 is 0 Å². The fourth-order valence-electron chi connectivity index (χ4n) is 1.93. The maximum Gasteiger partial charge on any atom is 0.241 e. The molecule has 1 aliphatic rings. The summed E-state index contributed by atoms with van der Waals surface area (Å²) in [5, 5.41) is 0. The highest BCUT2D eigenvalue weighted by atomic mass is 16.2. The lowest BCUT2D eigenvalue weighted by Crippen LogP contribution is -2.35. The summed E-state index contributed by atoms with van der Waals surface area (Å²) in [7, 11) is 3.55. The van der Waals surface area contributed by atoms with Crippen molar-refractivity contribution >= 4 is 17.3 Å². The van der Waals surface area contributed by atoms with Crippen LogP contribution in [0.2, 0.25) is 0 Å². The third-order valence-electron chi connectivity index (χ3n) is 2.93. The van der Waals surface area contributed by atoms with Crippen molar-refractivity contribution in [3.05, 3.63) is 23.8 Å². The van der Waals surface area contributed by atoms with Crippen LogP contribution < -0.4 is 10.6 Å². The Labute approximate surface area is 95.6 Å². The van der Waals surface area contributed by atoms with E-state index in [2.05, 4.69) is 4.90 Å². The fraction of sp³-hybridized carbons (Fsp3) is 0.417. The minimum Gasteiger partial charge on any atom is -0.399 e. The largest absolute Gasteiger partial charge is 0.399 e. The fourth-order valence-corrected chi connectivity index (χ4v) is 1.93. The second-order valence-electron chi connectivity index (χ2n) is 4.35. The highest BCUT2D eigenvalue weighted by Gasteiger charge is 2.21. The van der Waals surface area contributed by atoms with Crippen molar-refractivity contribution in [2.45, 2.75) is 6.42 Å². The lowest BCUT2D eigenvalue weighted by molar-refractivity contribution is -0.127. The first-order valence-corrected chi connectivity index (χ1v) is 5.41. The molecule has 0 saturated heterocycles. The van der Waals surface area contributed by atoms with Crippen LogP contribution in [0.1, 0.15) is 5.56 Å². The van der Waals surface area contributed by atoms with Crippen LogP contribution in [0, 0.1) is 0 Å². The lowest BCUT2D eigenvalue weighted by Gasteiger charge is -2.21. The van der Waals surface area contributed by atoms with E-state index in [0.29, 0.717) is 6.54 Å². The zero-order valence-corrected chi connectivity index (χ0v) is 9.73. The minimum absolute atomic E-state index is 0.121. The molecule has 0 aromatic heterocycles. The zero-order valence-electron chi connectivity index (χ0n) is 9.73. The topological polar surface area (TPSA) is 49.6 Å². The molecule has 1 aliphatic heterocycles. The van der Waals surface area contributed by atoms with E-state index in [1.165, 1.54) is 5.56 Å². The van der Waals surface area contributed by atoms with Crippen LogP contribution in [-0.2, 0) is 11.2 Å². The minimum atomic E-state index is 0.121. The highest BCUT2D eigenvalue weighted by Crippen LogP contribution is 2.29. The molecule has 0 saturated carbocycles. The van der Waals surface area contributed by atoms with E-state index >= 15 is 0 Å². The molecule has 4 heteroatoms. The molecule has 0 aliphatic carbocycles. The zero-order chi connectivity index (χ0) is 11.7. The number of fused-ring (bicyclic) bond motifs is 1. The van der Waals surface area contributed by atoms with Crippen LogP contribution in [0.4, 0.5) is 11.4 Å². The van der Waals surface area contributed by atoms with E-state index in [1.807, 2.05) is 18.2 Å². The van der Waals surface area contributed by atoms with Crippen LogP contribution in [0.15, 0.2) is 18.2 Å². The first kappa shape index (κ1) is 10.8. The summed E-state index contributed by atoms with van der Waals surface area (Å²) in [5.41, 5.74) is 8.90. The van der Waals surface area contributed by atoms with Gasteiger partial charge in [-0.05, 0) is 24.1 Å². The Hall–Kier alpha value is -1.71. The number of hydrogen-bond donors (Lipinski definition) is 1. The number of carbonyl (C=O) groups excluding carboxylic acids is 1. The van der Waals surface area contributed by atoms with Crippen molar-refractivity contribution < 1.29 is 4.79 Å². The Morgan fingerprint density at radius 1 is 1.50 bits per heavy atom. The summed E-state index contributed by atoms with van der Waals surface area (Å²) >= 11 is 0. The van der Waals surface area contributed by atoms with E-state index in [1.54, 1.807) is 19.0 Å². The predicted octanol–water partition coefficient (Wildman–Crippen LogP) is 0.720. The van der Waals surface area contributed by atoms with E-state index in [0.717, 1.165) is 24.3 Å². The van der Waals surface area contributed by atoms with Gasteiger partial charge in [-0.2, -0.15) is 0 Å². The molecular formula is C12H17N3O. The summed E-state index contributed by atoms with van der Waals surface area (Å²) in [4.78, 5) is 15.4. The van der Waals surface area contributed by atoms with Crippen LogP contribution >= 0.6 is 0 Å². The Balaban J connectivity index is 2.17. The molecule has 1 amide bonds. The van der Waals surface area contributed by atoms with Gasteiger partial charge in [0, 0.05) is 32.0 Å². The van der Waals surface area contributed by atoms with Gasteiger partial charge in [-0.1, -0.05) is 6.07 Å². The van der Waals surface area contributed by atoms with Crippen molar-refractivity contribution in [2.75, 3.05) is 37.8 Å². The van der Waals surface area contributed by atoms with Crippen LogP contribution in [-0.4, -0.2) is 38.0 Å². The third kappa shape index (κ3) is 1.96. The van der Waals surface area contributed by atoms with Crippen molar-refractivity contribution in [3.8, 4) is 0 Å². The van der Waals surface area contributed by atoms with Gasteiger partial charge in [-0.3, -0.25) is 4.79 Å². The molecule has 0 fully saturated rings. The van der Waals surface area contributed by atoms with Gasteiger partial charge in [0.25, 0.3) is 0 Å². The summed E-state index contributed by atoms with van der Waals surface area (Å²) in [5.74, 6) is 0.121. The lowest BCUT2D eigenvalue weighted by atomic mass is 10.1. The first-order chi connectivity index (χ1) is 7.58. The Morgan fingerprint density at radius 2 is 2.25 bits per heavy atom. The SMILES string of the molecule is CN(C)C(=O)CN1CCc2ccc(N)cc21. The molecule has 1 aromatic rings. The molecule has 1 heterocycles. The summed E-state index contributed by atoms with van der Waals surface area (Å²) in [6, 6.07) is 5.91. The van der Waals surface area contributed by atoms with Crippen molar-refractivity contribution in [2.24, 2.45) is 0 Å². The summed E-state index contributed by atoms with van der Waals surface area (Å²) in [6.45, 7) is 1.34. The second kappa shape index (κ2) is 4.04. The molecule has 0 radical (unpaired) electrons. The number of rotatable bonds is 2. The number of nitrogens with zero attached hydrogens (tertiary/aromatic N) is 2. The van der Waals surface area contributed by atoms with Crippen LogP contribution in [0.5, 0.6) is 0 Å². The molecule has 2 N–H and O–H groups in total. The molecule has 1 aromatic carbocycles. The number of likely N-dealkylation sites (N-methyl/N-ethyl adjacent to an activating group) is 1. The number of nitrogens with two attached hydrogens (primary N) is 1. The standard InChI is InChI=1S/C12H17N3O/c1-14(2)12(16)8-15-6-5-9-3-4-10(13)7-11(9)15/h3-4,7H,5-6,8,13H2,1-2H3. The molecule has 4 nitrogen and oxygen atoms in total. The molecule has 0 unspecified atom stereocenters. The molecule has 16 heavy (non-hydrogen) atoms. The maximum atomic E-state index is 11.6. The number of anilines is 2. The molecule has 86 valence electrons. The normalized spacial score (nSPS) is 13.8. The van der Waals surface area contributed by atoms with E-state index < -0.39 is 0 Å². The molecular weight excluding hydrogens is 202 g/mol. The molecule has 0 spiro atoms. The van der Waals surface area contributed by atoms with Gasteiger partial charge in [0.1, 0.15) is 0 Å². The van der Waals surface area contributed by atoms with Gasteiger partial charge in [-0.25, -0.2) is 0 Å². The Bertz CT molecular complexity index is 415. The van der Waals surface area contributed by atoms with Gasteiger partial charge < -0.3 is 15.5 Å².